The molecule has 2 heteroatoms. The van der Waals surface area contributed by atoms with Gasteiger partial charge in [-0.15, -0.1) is 0 Å². The molecule has 1 N–H and O–H groups in total. The zero-order valence-corrected chi connectivity index (χ0v) is 3.85. The molecule has 0 aliphatic heterocycles. The van der Waals surface area contributed by atoms with E-state index in [4.69, 9.17) is 0 Å². The maximum atomic E-state index is 9.97. The van der Waals surface area contributed by atoms with E-state index in [1.165, 1.54) is 0 Å². The lowest BCUT2D eigenvalue weighted by molar-refractivity contribution is 0.177. The maximum absolute atomic E-state index is 9.97. The molecule has 0 saturated carbocycles. The third-order valence-corrected chi connectivity index (χ3v) is 0.829. The molecule has 1 aromatic heterocycles. The Morgan fingerprint density at radius 1 is 1.71 bits per heavy atom. The minimum absolute atomic E-state index is 0.122. The van der Waals surface area contributed by atoms with Crippen molar-refractivity contribution in [2.75, 3.05) is 0 Å². The van der Waals surface area contributed by atoms with E-state index in [0.29, 0.717) is 0 Å². The molecule has 1 heterocycles. The van der Waals surface area contributed by atoms with Crippen LogP contribution in [0.4, 0.5) is 0 Å². The van der Waals surface area contributed by atoms with Crippen LogP contribution in [0.1, 0.15) is 5.56 Å². The predicted molar refractivity (Wildman–Crippen MR) is 25.2 cm³/mol. The molecule has 7 heavy (non-hydrogen) atoms. The van der Waals surface area contributed by atoms with Crippen molar-refractivity contribution >= 4 is 0 Å². The van der Waals surface area contributed by atoms with Gasteiger partial charge in [-0.2, -0.15) is 0 Å². The molecule has 37 valence electrons. The van der Waals surface area contributed by atoms with Crippen molar-refractivity contribution in [2.45, 2.75) is 6.61 Å². The Kier molecular flexibility index (Phi) is 1.13. The van der Waals surface area contributed by atoms with Crippen LogP contribution in [0.25, 0.3) is 0 Å². The molecule has 0 amide bonds. The summed E-state index contributed by atoms with van der Waals surface area (Å²) in [6, 6.07) is 1.77. The fourth-order valence-corrected chi connectivity index (χ4v) is 0.448. The van der Waals surface area contributed by atoms with Crippen LogP contribution in [-0.4, -0.2) is 4.98 Å². The average molecular weight is 96.1 g/mol. The summed E-state index contributed by atoms with van der Waals surface area (Å²) < 4.78 is 0. The topological polar surface area (TPSA) is 35.7 Å². The summed E-state index contributed by atoms with van der Waals surface area (Å²) in [5.41, 5.74) is 0.819. The number of H-pyrrole nitrogens is 1. The fraction of sp³-hybridized carbons (Fsp3) is 0.200. The number of nitrogens with one attached hydrogen (secondary N) is 1. The average Bonchev–Trinajstić information content (AvgIpc) is 2.14. The number of rotatable bonds is 1. The van der Waals surface area contributed by atoms with Crippen LogP contribution in [-0.2, 0) is 11.7 Å². The third-order valence-electron chi connectivity index (χ3n) is 0.829. The van der Waals surface area contributed by atoms with Crippen LogP contribution in [0.15, 0.2) is 18.5 Å². The number of aromatic amines is 1. The van der Waals surface area contributed by atoms with E-state index in [9.17, 15) is 5.11 Å². The molecule has 0 atom stereocenters. The molecular weight excluding hydrogens is 90.1 g/mol. The summed E-state index contributed by atoms with van der Waals surface area (Å²) in [5, 5.41) is 9.97. The molecule has 1 rings (SSSR count). The van der Waals surface area contributed by atoms with Gasteiger partial charge in [0.05, 0.1) is 0 Å². The summed E-state index contributed by atoms with van der Waals surface area (Å²) in [7, 11) is 0. The van der Waals surface area contributed by atoms with Gasteiger partial charge in [0.2, 0.25) is 0 Å². The van der Waals surface area contributed by atoms with Crippen molar-refractivity contribution in [1.29, 1.82) is 0 Å². The Morgan fingerprint density at radius 2 is 2.57 bits per heavy atom. The van der Waals surface area contributed by atoms with Gasteiger partial charge in [0, 0.05) is 12.4 Å². The van der Waals surface area contributed by atoms with Gasteiger partial charge in [0.15, 0.2) is 0 Å². The van der Waals surface area contributed by atoms with Gasteiger partial charge < -0.3 is 4.98 Å². The second-order valence-electron chi connectivity index (χ2n) is 1.36. The van der Waals surface area contributed by atoms with E-state index in [1.807, 2.05) is 0 Å². The SMILES string of the molecule is [O]Cc1cc[nH]c1. The van der Waals surface area contributed by atoms with E-state index in [-0.39, 0.29) is 6.61 Å². The van der Waals surface area contributed by atoms with Crippen molar-refractivity contribution in [2.24, 2.45) is 0 Å². The Balaban J connectivity index is 2.76. The Hall–Kier alpha value is -0.760. The molecule has 0 aliphatic carbocycles. The van der Waals surface area contributed by atoms with Crippen molar-refractivity contribution in [3.05, 3.63) is 24.0 Å². The molecule has 1 aromatic rings. The van der Waals surface area contributed by atoms with E-state index >= 15 is 0 Å². The maximum Gasteiger partial charge on any atom is 0.109 e. The van der Waals surface area contributed by atoms with Crippen molar-refractivity contribution in [3.8, 4) is 0 Å². The minimum atomic E-state index is -0.122. The lowest BCUT2D eigenvalue weighted by Gasteiger charge is -1.75. The van der Waals surface area contributed by atoms with Crippen LogP contribution < -0.4 is 0 Å². The summed E-state index contributed by atoms with van der Waals surface area (Å²) in [5.74, 6) is 0. The van der Waals surface area contributed by atoms with Crippen molar-refractivity contribution < 1.29 is 5.11 Å². The molecule has 0 unspecified atom stereocenters. The van der Waals surface area contributed by atoms with Crippen LogP contribution in [0.2, 0.25) is 0 Å². The quantitative estimate of drug-likeness (QED) is 0.540. The standard InChI is InChI=1S/C5H6NO/c7-4-5-1-2-6-3-5/h1-3,6H,4H2. The molecular formula is C5H6NO. The zero-order chi connectivity index (χ0) is 5.11. The highest BCUT2D eigenvalue weighted by atomic mass is 16.3. The Bertz CT molecular complexity index is 123. The minimum Gasteiger partial charge on any atom is -0.367 e. The van der Waals surface area contributed by atoms with Crippen LogP contribution in [0.3, 0.4) is 0 Å². The first-order chi connectivity index (χ1) is 3.43. The Labute approximate surface area is 41.8 Å². The van der Waals surface area contributed by atoms with Gasteiger partial charge >= 0.3 is 0 Å². The van der Waals surface area contributed by atoms with Gasteiger partial charge in [0.1, 0.15) is 6.61 Å². The first kappa shape index (κ1) is 4.40. The normalized spacial score (nSPS) is 9.29. The van der Waals surface area contributed by atoms with E-state index in [1.54, 1.807) is 18.5 Å². The van der Waals surface area contributed by atoms with Gasteiger partial charge in [-0.05, 0) is 11.6 Å². The van der Waals surface area contributed by atoms with Crippen LogP contribution in [0, 0.1) is 0 Å². The summed E-state index contributed by atoms with van der Waals surface area (Å²) in [6.07, 6.45) is 3.44. The fourth-order valence-electron chi connectivity index (χ4n) is 0.448. The lowest BCUT2D eigenvalue weighted by atomic mass is 10.4. The number of aromatic nitrogens is 1. The molecule has 0 bridgehead atoms. The highest BCUT2D eigenvalue weighted by molar-refractivity contribution is 5.05. The van der Waals surface area contributed by atoms with Gasteiger partial charge in [0.25, 0.3) is 0 Å². The summed E-state index contributed by atoms with van der Waals surface area (Å²) in [6.45, 7) is -0.122. The van der Waals surface area contributed by atoms with E-state index in [2.05, 4.69) is 4.98 Å². The highest BCUT2D eigenvalue weighted by Crippen LogP contribution is 1.93. The smallest absolute Gasteiger partial charge is 0.109 e. The first-order valence-electron chi connectivity index (χ1n) is 2.13. The van der Waals surface area contributed by atoms with Crippen molar-refractivity contribution in [1.82, 2.24) is 4.98 Å². The lowest BCUT2D eigenvalue weighted by Crippen LogP contribution is -1.70. The molecule has 0 saturated heterocycles. The first-order valence-corrected chi connectivity index (χ1v) is 2.13. The molecule has 2 nitrogen and oxygen atoms in total. The predicted octanol–water partition coefficient (Wildman–Crippen LogP) is 0.945. The second kappa shape index (κ2) is 1.80. The number of hydrogen-bond donors (Lipinski definition) is 1. The summed E-state index contributed by atoms with van der Waals surface area (Å²) in [4.78, 5) is 2.78. The molecule has 0 aromatic carbocycles. The molecule has 0 fully saturated rings. The largest absolute Gasteiger partial charge is 0.367 e. The van der Waals surface area contributed by atoms with Gasteiger partial charge in [-0.1, -0.05) is 0 Å². The van der Waals surface area contributed by atoms with Crippen LogP contribution >= 0.6 is 0 Å². The van der Waals surface area contributed by atoms with Gasteiger partial charge in [-0.25, -0.2) is 5.11 Å². The van der Waals surface area contributed by atoms with Crippen LogP contribution in [0.5, 0.6) is 0 Å². The molecule has 0 spiro atoms. The monoisotopic (exact) mass is 96.0 g/mol. The summed E-state index contributed by atoms with van der Waals surface area (Å²) >= 11 is 0. The molecule has 0 aliphatic rings. The van der Waals surface area contributed by atoms with Gasteiger partial charge in [-0.3, -0.25) is 0 Å². The Morgan fingerprint density at radius 3 is 2.86 bits per heavy atom. The van der Waals surface area contributed by atoms with E-state index < -0.39 is 0 Å². The highest BCUT2D eigenvalue weighted by Gasteiger charge is 1.84. The third kappa shape index (κ3) is 0.810. The number of hydrogen-bond acceptors (Lipinski definition) is 0. The van der Waals surface area contributed by atoms with E-state index in [0.717, 1.165) is 5.56 Å². The zero-order valence-electron chi connectivity index (χ0n) is 3.85. The molecule has 1 radical (unpaired) electrons. The second-order valence-corrected chi connectivity index (χ2v) is 1.36. The van der Waals surface area contributed by atoms with Crippen molar-refractivity contribution in [3.63, 3.8) is 0 Å².